The third kappa shape index (κ3) is 1.07. The molecule has 1 heterocycles. The highest BCUT2D eigenvalue weighted by molar-refractivity contribution is 5.78. The highest BCUT2D eigenvalue weighted by Crippen LogP contribution is 2.38. The molecule has 1 N–H and O–H groups in total. The summed E-state index contributed by atoms with van der Waals surface area (Å²) in [5.74, 6) is 0.794. The van der Waals surface area contributed by atoms with Gasteiger partial charge >= 0.3 is 0 Å². The second-order valence-corrected chi connectivity index (χ2v) is 4.22. The molecule has 1 fully saturated rings. The van der Waals surface area contributed by atoms with E-state index >= 15 is 0 Å². The number of hydrogen-bond acceptors (Lipinski definition) is 1. The van der Waals surface area contributed by atoms with Crippen LogP contribution >= 0.6 is 0 Å². The first-order valence-corrected chi connectivity index (χ1v) is 5.22. The standard InChI is InChI=1S/C12H13NO/c14-12-6-5-10-9-4-2-1-3-8(9)7-11(10)13-12/h1-4,10-11H,5-7H2,(H,13,14)/t10-,11+/m0/s1. The number of amides is 1. The lowest BCUT2D eigenvalue weighted by Crippen LogP contribution is -2.41. The van der Waals surface area contributed by atoms with Crippen molar-refractivity contribution in [3.8, 4) is 0 Å². The quantitative estimate of drug-likeness (QED) is 0.656. The van der Waals surface area contributed by atoms with Gasteiger partial charge in [0, 0.05) is 18.4 Å². The second-order valence-electron chi connectivity index (χ2n) is 4.22. The van der Waals surface area contributed by atoms with E-state index in [-0.39, 0.29) is 5.91 Å². The summed E-state index contributed by atoms with van der Waals surface area (Å²) in [6.07, 6.45) is 2.73. The van der Waals surface area contributed by atoms with Crippen LogP contribution in [0.25, 0.3) is 0 Å². The fraction of sp³-hybridized carbons (Fsp3) is 0.417. The lowest BCUT2D eigenvalue weighted by molar-refractivity contribution is -0.123. The maximum Gasteiger partial charge on any atom is 0.220 e. The number of carbonyl (C=O) groups is 1. The monoisotopic (exact) mass is 187 g/mol. The minimum absolute atomic E-state index is 0.221. The van der Waals surface area contributed by atoms with E-state index in [1.54, 1.807) is 0 Å². The zero-order chi connectivity index (χ0) is 9.54. The zero-order valence-electron chi connectivity index (χ0n) is 7.99. The molecule has 0 unspecified atom stereocenters. The molecule has 14 heavy (non-hydrogen) atoms. The number of fused-ring (bicyclic) bond motifs is 3. The Morgan fingerprint density at radius 1 is 1.29 bits per heavy atom. The number of rotatable bonds is 0. The van der Waals surface area contributed by atoms with Gasteiger partial charge in [-0.25, -0.2) is 0 Å². The molecule has 2 aliphatic rings. The summed E-state index contributed by atoms with van der Waals surface area (Å²) in [5.41, 5.74) is 2.88. The number of nitrogens with one attached hydrogen (secondary N) is 1. The van der Waals surface area contributed by atoms with E-state index in [1.165, 1.54) is 11.1 Å². The van der Waals surface area contributed by atoms with Crippen molar-refractivity contribution in [2.75, 3.05) is 0 Å². The summed E-state index contributed by atoms with van der Waals surface area (Å²) < 4.78 is 0. The smallest absolute Gasteiger partial charge is 0.220 e. The molecule has 1 aliphatic heterocycles. The molecule has 2 atom stereocenters. The molecule has 0 saturated carbocycles. The predicted molar refractivity (Wildman–Crippen MR) is 54.1 cm³/mol. The lowest BCUT2D eigenvalue weighted by atomic mass is 9.90. The molecular weight excluding hydrogens is 174 g/mol. The Balaban J connectivity index is 1.98. The lowest BCUT2D eigenvalue weighted by Gasteiger charge is -2.26. The minimum Gasteiger partial charge on any atom is -0.352 e. The Morgan fingerprint density at radius 2 is 2.14 bits per heavy atom. The van der Waals surface area contributed by atoms with Crippen LogP contribution in [0.1, 0.15) is 29.9 Å². The largest absolute Gasteiger partial charge is 0.352 e. The van der Waals surface area contributed by atoms with Gasteiger partial charge in [0.15, 0.2) is 0 Å². The van der Waals surface area contributed by atoms with Crippen molar-refractivity contribution in [2.45, 2.75) is 31.2 Å². The Morgan fingerprint density at radius 3 is 3.07 bits per heavy atom. The number of benzene rings is 1. The minimum atomic E-state index is 0.221. The van der Waals surface area contributed by atoms with Crippen LogP contribution in [-0.2, 0) is 11.2 Å². The van der Waals surface area contributed by atoms with Crippen molar-refractivity contribution in [1.82, 2.24) is 5.32 Å². The maximum atomic E-state index is 11.2. The molecule has 0 spiro atoms. The van der Waals surface area contributed by atoms with Crippen molar-refractivity contribution in [3.63, 3.8) is 0 Å². The van der Waals surface area contributed by atoms with E-state index in [2.05, 4.69) is 29.6 Å². The van der Waals surface area contributed by atoms with Crippen LogP contribution in [0.4, 0.5) is 0 Å². The van der Waals surface area contributed by atoms with E-state index in [9.17, 15) is 4.79 Å². The average molecular weight is 187 g/mol. The predicted octanol–water partition coefficient (Wildman–Crippen LogP) is 1.60. The molecule has 1 saturated heterocycles. The molecule has 2 nitrogen and oxygen atoms in total. The SMILES string of the molecule is O=C1CC[C@H]2c3ccccc3C[C@H]2N1. The molecule has 0 radical (unpaired) electrons. The van der Waals surface area contributed by atoms with E-state index in [0.29, 0.717) is 18.4 Å². The summed E-state index contributed by atoms with van der Waals surface area (Å²) in [4.78, 5) is 11.2. The van der Waals surface area contributed by atoms with Crippen LogP contribution in [0.15, 0.2) is 24.3 Å². The Bertz CT molecular complexity index is 386. The van der Waals surface area contributed by atoms with Crippen LogP contribution < -0.4 is 5.32 Å². The third-order valence-electron chi connectivity index (χ3n) is 3.41. The molecule has 2 heteroatoms. The van der Waals surface area contributed by atoms with Gasteiger partial charge in [0.05, 0.1) is 0 Å². The molecule has 0 bridgehead atoms. The van der Waals surface area contributed by atoms with E-state index in [4.69, 9.17) is 0 Å². The molecule has 1 aliphatic carbocycles. The molecule has 1 aromatic carbocycles. The van der Waals surface area contributed by atoms with Crippen molar-refractivity contribution < 1.29 is 4.79 Å². The van der Waals surface area contributed by atoms with Gasteiger partial charge in [-0.2, -0.15) is 0 Å². The van der Waals surface area contributed by atoms with Gasteiger partial charge in [0.2, 0.25) is 5.91 Å². The highest BCUT2D eigenvalue weighted by atomic mass is 16.1. The Kier molecular flexibility index (Phi) is 1.63. The number of carbonyl (C=O) groups excluding carboxylic acids is 1. The fourth-order valence-electron chi connectivity index (χ4n) is 2.75. The Labute approximate surface area is 83.3 Å². The van der Waals surface area contributed by atoms with Crippen molar-refractivity contribution in [2.24, 2.45) is 0 Å². The summed E-state index contributed by atoms with van der Waals surface area (Å²) in [6, 6.07) is 8.93. The maximum absolute atomic E-state index is 11.2. The molecule has 3 rings (SSSR count). The summed E-state index contributed by atoms with van der Waals surface area (Å²) >= 11 is 0. The molecular formula is C12H13NO. The third-order valence-corrected chi connectivity index (χ3v) is 3.41. The van der Waals surface area contributed by atoms with Gasteiger partial charge in [-0.15, -0.1) is 0 Å². The highest BCUT2D eigenvalue weighted by Gasteiger charge is 2.36. The summed E-state index contributed by atoms with van der Waals surface area (Å²) in [5, 5.41) is 3.09. The van der Waals surface area contributed by atoms with Gasteiger partial charge in [0.1, 0.15) is 0 Å². The van der Waals surface area contributed by atoms with Crippen molar-refractivity contribution in [1.29, 1.82) is 0 Å². The summed E-state index contributed by atoms with van der Waals surface area (Å²) in [6.45, 7) is 0. The molecule has 1 amide bonds. The van der Waals surface area contributed by atoms with Gasteiger partial charge < -0.3 is 5.32 Å². The fourth-order valence-corrected chi connectivity index (χ4v) is 2.75. The molecule has 72 valence electrons. The first kappa shape index (κ1) is 8.04. The van der Waals surface area contributed by atoms with Crippen molar-refractivity contribution >= 4 is 5.91 Å². The van der Waals surface area contributed by atoms with Gasteiger partial charge in [-0.3, -0.25) is 4.79 Å². The van der Waals surface area contributed by atoms with Gasteiger partial charge in [0.25, 0.3) is 0 Å². The topological polar surface area (TPSA) is 29.1 Å². The van der Waals surface area contributed by atoms with E-state index in [1.807, 2.05) is 0 Å². The average Bonchev–Trinajstić information content (AvgIpc) is 2.54. The molecule has 0 aromatic heterocycles. The van der Waals surface area contributed by atoms with Gasteiger partial charge in [-0.05, 0) is 24.0 Å². The normalized spacial score (nSPS) is 29.3. The number of piperidine rings is 1. The first-order valence-electron chi connectivity index (χ1n) is 5.22. The van der Waals surface area contributed by atoms with Crippen molar-refractivity contribution in [3.05, 3.63) is 35.4 Å². The number of hydrogen-bond donors (Lipinski definition) is 1. The van der Waals surface area contributed by atoms with Crippen LogP contribution in [-0.4, -0.2) is 11.9 Å². The van der Waals surface area contributed by atoms with Crippen LogP contribution in [0.5, 0.6) is 0 Å². The second kappa shape index (κ2) is 2.84. The first-order chi connectivity index (χ1) is 6.84. The molecule has 1 aromatic rings. The Hall–Kier alpha value is -1.31. The zero-order valence-corrected chi connectivity index (χ0v) is 7.99. The van der Waals surface area contributed by atoms with Crippen LogP contribution in [0.3, 0.4) is 0 Å². The van der Waals surface area contributed by atoms with Crippen LogP contribution in [0, 0.1) is 0 Å². The van der Waals surface area contributed by atoms with Crippen LogP contribution in [0.2, 0.25) is 0 Å². The summed E-state index contributed by atoms with van der Waals surface area (Å²) in [7, 11) is 0. The van der Waals surface area contributed by atoms with E-state index in [0.717, 1.165) is 12.8 Å². The van der Waals surface area contributed by atoms with Gasteiger partial charge in [-0.1, -0.05) is 24.3 Å². The van der Waals surface area contributed by atoms with E-state index < -0.39 is 0 Å².